The Morgan fingerprint density at radius 1 is 0.968 bits per heavy atom. The molecule has 0 aliphatic carbocycles. The second-order valence-corrected chi connectivity index (χ2v) is 8.87. The zero-order chi connectivity index (χ0) is 21.4. The van der Waals surface area contributed by atoms with Crippen molar-refractivity contribution in [1.29, 1.82) is 0 Å². The van der Waals surface area contributed by atoms with Gasteiger partial charge in [-0.3, -0.25) is 14.7 Å². The molecule has 1 amide bonds. The zero-order valence-electron chi connectivity index (χ0n) is 17.1. The summed E-state index contributed by atoms with van der Waals surface area (Å²) in [5, 5.41) is 7.55. The first-order chi connectivity index (χ1) is 15.1. The van der Waals surface area contributed by atoms with Crippen molar-refractivity contribution in [2.45, 2.75) is 19.3 Å². The van der Waals surface area contributed by atoms with Crippen LogP contribution in [0.4, 0.5) is 5.69 Å². The number of piperidine rings is 1. The highest BCUT2D eigenvalue weighted by molar-refractivity contribution is 6.37. The Kier molecular flexibility index (Phi) is 5.69. The molecule has 0 aromatic heterocycles. The third-order valence-electron chi connectivity index (χ3n) is 5.92. The van der Waals surface area contributed by atoms with Crippen molar-refractivity contribution in [1.82, 2.24) is 9.91 Å². The van der Waals surface area contributed by atoms with Crippen molar-refractivity contribution >= 4 is 46.3 Å². The number of halogens is 2. The Morgan fingerprint density at radius 3 is 2.58 bits per heavy atom. The molecule has 0 unspecified atom stereocenters. The van der Waals surface area contributed by atoms with Crippen LogP contribution in [0.2, 0.25) is 10.0 Å². The molecule has 8 heteroatoms. The average molecular weight is 456 g/mol. The number of benzene rings is 2. The Balaban J connectivity index is 1.55. The maximum absolute atomic E-state index is 13.0. The molecule has 160 valence electrons. The van der Waals surface area contributed by atoms with Gasteiger partial charge >= 0.3 is 0 Å². The van der Waals surface area contributed by atoms with Gasteiger partial charge in [-0.25, -0.2) is 5.01 Å². The van der Waals surface area contributed by atoms with E-state index in [4.69, 9.17) is 33.3 Å². The third kappa shape index (κ3) is 4.07. The molecular weight excluding hydrogens is 433 g/mol. The fourth-order valence-corrected chi connectivity index (χ4v) is 4.75. The van der Waals surface area contributed by atoms with Crippen LogP contribution >= 0.6 is 23.2 Å². The number of nitrogens with zero attached hydrogens (tertiary/aromatic N) is 5. The van der Waals surface area contributed by atoms with Crippen molar-refractivity contribution in [3.8, 4) is 0 Å². The van der Waals surface area contributed by atoms with E-state index in [1.807, 2.05) is 47.4 Å². The van der Waals surface area contributed by atoms with E-state index in [-0.39, 0.29) is 12.5 Å². The first-order valence-corrected chi connectivity index (χ1v) is 11.3. The Hall–Kier alpha value is -2.41. The molecule has 2 aromatic rings. The van der Waals surface area contributed by atoms with Crippen LogP contribution in [0.15, 0.2) is 52.6 Å². The number of hydrazone groups is 1. The molecule has 3 aliphatic heterocycles. The summed E-state index contributed by atoms with van der Waals surface area (Å²) < 4.78 is 0. The molecule has 5 rings (SSSR count). The monoisotopic (exact) mass is 455 g/mol. The van der Waals surface area contributed by atoms with Gasteiger partial charge in [0.2, 0.25) is 0 Å². The molecule has 0 spiro atoms. The van der Waals surface area contributed by atoms with Gasteiger partial charge in [0.15, 0.2) is 5.84 Å². The number of amides is 1. The first-order valence-electron chi connectivity index (χ1n) is 10.6. The summed E-state index contributed by atoms with van der Waals surface area (Å²) in [5.41, 5.74) is 3.31. The van der Waals surface area contributed by atoms with Crippen LogP contribution in [-0.2, 0) is 4.79 Å². The van der Waals surface area contributed by atoms with Crippen LogP contribution in [0, 0.1) is 0 Å². The van der Waals surface area contributed by atoms with E-state index in [1.165, 1.54) is 19.3 Å². The first kappa shape index (κ1) is 20.5. The van der Waals surface area contributed by atoms with Crippen molar-refractivity contribution in [3.63, 3.8) is 0 Å². The number of aliphatic imine (C=N–C) groups is 1. The Bertz CT molecular complexity index is 1080. The van der Waals surface area contributed by atoms with Crippen molar-refractivity contribution < 1.29 is 4.79 Å². The second kappa shape index (κ2) is 8.61. The largest absolute Gasteiger partial charge is 0.317 e. The molecule has 6 nitrogen and oxygen atoms in total. The van der Waals surface area contributed by atoms with E-state index in [9.17, 15) is 4.79 Å². The number of rotatable bonds is 3. The molecule has 0 atom stereocenters. The van der Waals surface area contributed by atoms with Gasteiger partial charge in [-0.05, 0) is 50.2 Å². The van der Waals surface area contributed by atoms with Gasteiger partial charge in [0.1, 0.15) is 6.54 Å². The highest BCUT2D eigenvalue weighted by Crippen LogP contribution is 2.32. The Morgan fingerprint density at radius 2 is 1.77 bits per heavy atom. The minimum atomic E-state index is -0.0172. The minimum absolute atomic E-state index is 0.0172. The van der Waals surface area contributed by atoms with E-state index in [0.717, 1.165) is 41.5 Å². The Labute approximate surface area is 191 Å². The SMILES string of the molecule is O=C1CN2C(=NN1CN1CCCCC1)CN=C(c1ccccc1Cl)c1cc(Cl)ccc12. The van der Waals surface area contributed by atoms with E-state index in [2.05, 4.69) is 4.90 Å². The highest BCUT2D eigenvalue weighted by Gasteiger charge is 2.33. The summed E-state index contributed by atoms with van der Waals surface area (Å²) in [6.07, 6.45) is 3.60. The van der Waals surface area contributed by atoms with Gasteiger partial charge in [-0.2, -0.15) is 5.10 Å². The number of amidine groups is 1. The maximum atomic E-state index is 13.0. The lowest BCUT2D eigenvalue weighted by atomic mass is 10.00. The van der Waals surface area contributed by atoms with Crippen LogP contribution in [-0.4, -0.2) is 60.2 Å². The van der Waals surface area contributed by atoms with Crippen molar-refractivity contribution in [3.05, 3.63) is 63.6 Å². The predicted octanol–water partition coefficient (Wildman–Crippen LogP) is 4.25. The number of hydrogen-bond acceptors (Lipinski definition) is 5. The third-order valence-corrected chi connectivity index (χ3v) is 6.49. The molecule has 0 bridgehead atoms. The molecular formula is C23H23Cl2N5O. The van der Waals surface area contributed by atoms with E-state index in [1.54, 1.807) is 5.01 Å². The summed E-state index contributed by atoms with van der Waals surface area (Å²) >= 11 is 12.8. The lowest BCUT2D eigenvalue weighted by Gasteiger charge is -2.36. The van der Waals surface area contributed by atoms with Gasteiger partial charge < -0.3 is 4.90 Å². The molecule has 3 aliphatic rings. The summed E-state index contributed by atoms with van der Waals surface area (Å²) in [7, 11) is 0. The quantitative estimate of drug-likeness (QED) is 0.694. The normalized spacial score (nSPS) is 19.4. The summed E-state index contributed by atoms with van der Waals surface area (Å²) in [6.45, 7) is 3.14. The lowest BCUT2D eigenvalue weighted by Crippen LogP contribution is -2.51. The summed E-state index contributed by atoms with van der Waals surface area (Å²) in [4.78, 5) is 22.1. The van der Waals surface area contributed by atoms with E-state index < -0.39 is 0 Å². The van der Waals surface area contributed by atoms with Gasteiger partial charge in [0, 0.05) is 21.2 Å². The smallest absolute Gasteiger partial charge is 0.263 e. The van der Waals surface area contributed by atoms with Crippen molar-refractivity contribution in [2.24, 2.45) is 10.1 Å². The summed E-state index contributed by atoms with van der Waals surface area (Å²) in [5.74, 6) is 0.735. The second-order valence-electron chi connectivity index (χ2n) is 8.02. The standard InChI is InChI=1S/C23H23Cl2N5O/c24-16-8-9-20-18(12-16)23(17-6-2-3-7-19(17)25)26-13-21-27-30(22(31)14-29(20)21)15-28-10-4-1-5-11-28/h2-3,6-9,12H,1,4-5,10-11,13-15H2. The molecule has 0 radical (unpaired) electrons. The fraction of sp³-hybridized carbons (Fsp3) is 0.348. The van der Waals surface area contributed by atoms with Crippen LogP contribution in [0.1, 0.15) is 30.4 Å². The number of anilines is 1. The fourth-order valence-electron chi connectivity index (χ4n) is 4.35. The van der Waals surface area contributed by atoms with E-state index in [0.29, 0.717) is 23.3 Å². The molecule has 0 N–H and O–H groups in total. The highest BCUT2D eigenvalue weighted by atomic mass is 35.5. The van der Waals surface area contributed by atoms with Crippen molar-refractivity contribution in [2.75, 3.05) is 37.7 Å². The predicted molar refractivity (Wildman–Crippen MR) is 125 cm³/mol. The molecule has 1 fully saturated rings. The number of carbonyl (C=O) groups excluding carboxylic acids is 1. The minimum Gasteiger partial charge on any atom is -0.317 e. The van der Waals surface area contributed by atoms with Gasteiger partial charge in [0.05, 0.1) is 24.6 Å². The average Bonchev–Trinajstić information content (AvgIpc) is 2.92. The van der Waals surface area contributed by atoms with Gasteiger partial charge in [-0.1, -0.05) is 47.8 Å². The van der Waals surface area contributed by atoms with Crippen LogP contribution < -0.4 is 4.90 Å². The van der Waals surface area contributed by atoms with Crippen LogP contribution in [0.3, 0.4) is 0 Å². The maximum Gasteiger partial charge on any atom is 0.263 e. The summed E-state index contributed by atoms with van der Waals surface area (Å²) in [6, 6.07) is 13.3. The topological polar surface area (TPSA) is 51.5 Å². The molecule has 2 aromatic carbocycles. The van der Waals surface area contributed by atoms with Gasteiger partial charge in [-0.15, -0.1) is 0 Å². The number of fused-ring (bicyclic) bond motifs is 3. The molecule has 3 heterocycles. The number of hydrogen-bond donors (Lipinski definition) is 0. The molecule has 0 saturated carbocycles. The zero-order valence-corrected chi connectivity index (χ0v) is 18.6. The molecule has 31 heavy (non-hydrogen) atoms. The number of likely N-dealkylation sites (tertiary alicyclic amines) is 1. The van der Waals surface area contributed by atoms with Crippen LogP contribution in [0.25, 0.3) is 0 Å². The van der Waals surface area contributed by atoms with E-state index >= 15 is 0 Å². The van der Waals surface area contributed by atoms with Gasteiger partial charge in [0.25, 0.3) is 5.91 Å². The number of carbonyl (C=O) groups is 1. The lowest BCUT2D eigenvalue weighted by molar-refractivity contribution is -0.132. The van der Waals surface area contributed by atoms with Crippen LogP contribution in [0.5, 0.6) is 0 Å². The molecule has 1 saturated heterocycles.